The van der Waals surface area contributed by atoms with E-state index in [1.165, 1.54) is 19.3 Å². The highest BCUT2D eigenvalue weighted by Crippen LogP contribution is 2.34. The fraction of sp³-hybridized carbons (Fsp3) is 0.938. The summed E-state index contributed by atoms with van der Waals surface area (Å²) in [6, 6.07) is 0. The van der Waals surface area contributed by atoms with Crippen LogP contribution in [0.4, 0.5) is 0 Å². The van der Waals surface area contributed by atoms with Crippen LogP contribution in [-0.2, 0) is 9.53 Å². The van der Waals surface area contributed by atoms with Crippen LogP contribution < -0.4 is 0 Å². The molecule has 0 aromatic heterocycles. The molecule has 1 saturated heterocycles. The van der Waals surface area contributed by atoms with Gasteiger partial charge >= 0.3 is 0 Å². The lowest BCUT2D eigenvalue weighted by molar-refractivity contribution is -0.172. The van der Waals surface area contributed by atoms with Crippen LogP contribution in [0.3, 0.4) is 0 Å². The van der Waals surface area contributed by atoms with Gasteiger partial charge in [0.2, 0.25) is 0 Å². The van der Waals surface area contributed by atoms with Crippen molar-refractivity contribution < 1.29 is 14.6 Å². The lowest BCUT2D eigenvalue weighted by Crippen LogP contribution is -2.54. The average molecular weight is 270 g/mol. The smallest absolute Gasteiger partial charge is 0.149 e. The SMILES string of the molecule is CCCCCCC(CCCC)C(=O)C1(CO)COC1. The van der Waals surface area contributed by atoms with Gasteiger partial charge in [0, 0.05) is 5.92 Å². The van der Waals surface area contributed by atoms with E-state index in [-0.39, 0.29) is 18.3 Å². The normalized spacial score (nSPS) is 18.9. The number of carbonyl (C=O) groups excluding carboxylic acids is 1. The average Bonchev–Trinajstić information content (AvgIpc) is 2.37. The van der Waals surface area contributed by atoms with Gasteiger partial charge in [-0.3, -0.25) is 4.79 Å². The number of Topliss-reactive ketones (excluding diaryl/α,β-unsaturated/α-hetero) is 1. The quantitative estimate of drug-likeness (QED) is 0.586. The molecule has 1 aliphatic rings. The Morgan fingerprint density at radius 1 is 1.11 bits per heavy atom. The Labute approximate surface area is 117 Å². The summed E-state index contributed by atoms with van der Waals surface area (Å²) >= 11 is 0. The molecule has 1 rings (SSSR count). The molecule has 0 aromatic carbocycles. The van der Waals surface area contributed by atoms with Gasteiger partial charge in [-0.15, -0.1) is 0 Å². The second kappa shape index (κ2) is 8.70. The van der Waals surface area contributed by atoms with Gasteiger partial charge in [-0.25, -0.2) is 0 Å². The summed E-state index contributed by atoms with van der Waals surface area (Å²) in [7, 11) is 0. The molecule has 1 fully saturated rings. The largest absolute Gasteiger partial charge is 0.395 e. The summed E-state index contributed by atoms with van der Waals surface area (Å²) in [6.07, 6.45) is 9.02. The van der Waals surface area contributed by atoms with Gasteiger partial charge in [-0.2, -0.15) is 0 Å². The number of carbonyl (C=O) groups is 1. The lowest BCUT2D eigenvalue weighted by atomic mass is 9.74. The van der Waals surface area contributed by atoms with Crippen molar-refractivity contribution in [3.05, 3.63) is 0 Å². The molecule has 0 bridgehead atoms. The number of hydrogen-bond acceptors (Lipinski definition) is 3. The minimum atomic E-state index is -0.566. The number of ketones is 1. The standard InChI is InChI=1S/C16H30O3/c1-3-5-7-8-10-14(9-6-4-2)15(18)16(11-17)12-19-13-16/h14,17H,3-13H2,1-2H3. The van der Waals surface area contributed by atoms with Crippen molar-refractivity contribution in [2.24, 2.45) is 11.3 Å². The molecule has 112 valence electrons. The van der Waals surface area contributed by atoms with Gasteiger partial charge in [0.05, 0.1) is 25.2 Å². The molecule has 1 unspecified atom stereocenters. The van der Waals surface area contributed by atoms with E-state index in [1.54, 1.807) is 0 Å². The van der Waals surface area contributed by atoms with E-state index < -0.39 is 5.41 Å². The monoisotopic (exact) mass is 270 g/mol. The summed E-state index contributed by atoms with van der Waals surface area (Å²) in [6.45, 7) is 5.14. The number of ether oxygens (including phenoxy) is 1. The minimum absolute atomic E-state index is 0.0522. The molecule has 1 heterocycles. The van der Waals surface area contributed by atoms with Crippen molar-refractivity contribution in [3.8, 4) is 0 Å². The Bertz CT molecular complexity index is 253. The topological polar surface area (TPSA) is 46.5 Å². The molecule has 3 nitrogen and oxygen atoms in total. The van der Waals surface area contributed by atoms with Crippen LogP contribution in [0, 0.1) is 11.3 Å². The first-order valence-corrected chi connectivity index (χ1v) is 7.93. The molecule has 0 aromatic rings. The molecule has 0 saturated carbocycles. The maximum Gasteiger partial charge on any atom is 0.149 e. The van der Waals surface area contributed by atoms with E-state index in [0.717, 1.165) is 32.1 Å². The highest BCUT2D eigenvalue weighted by molar-refractivity contribution is 5.88. The highest BCUT2D eigenvalue weighted by atomic mass is 16.5. The Hall–Kier alpha value is -0.410. The van der Waals surface area contributed by atoms with E-state index in [2.05, 4.69) is 13.8 Å². The molecule has 19 heavy (non-hydrogen) atoms. The number of rotatable bonds is 11. The Morgan fingerprint density at radius 2 is 1.74 bits per heavy atom. The third-order valence-electron chi connectivity index (χ3n) is 4.27. The summed E-state index contributed by atoms with van der Waals surface area (Å²) in [5.74, 6) is 0.388. The molecule has 1 N–H and O–H groups in total. The molecular formula is C16H30O3. The van der Waals surface area contributed by atoms with Gasteiger partial charge in [0.25, 0.3) is 0 Å². The first kappa shape index (κ1) is 16.6. The van der Waals surface area contributed by atoms with Crippen molar-refractivity contribution in [1.29, 1.82) is 0 Å². The predicted molar refractivity (Wildman–Crippen MR) is 77.1 cm³/mol. The number of unbranched alkanes of at least 4 members (excludes halogenated alkanes) is 4. The molecule has 0 radical (unpaired) electrons. The summed E-state index contributed by atoms with van der Waals surface area (Å²) in [4.78, 5) is 12.6. The van der Waals surface area contributed by atoms with Crippen molar-refractivity contribution in [1.82, 2.24) is 0 Å². The molecule has 1 atom stereocenters. The second-order valence-corrected chi connectivity index (χ2v) is 5.98. The van der Waals surface area contributed by atoms with Gasteiger partial charge in [0.1, 0.15) is 5.78 Å². The van der Waals surface area contributed by atoms with Gasteiger partial charge in [0.15, 0.2) is 0 Å². The van der Waals surface area contributed by atoms with Gasteiger partial charge < -0.3 is 9.84 Å². The molecule has 3 heteroatoms. The third-order valence-corrected chi connectivity index (χ3v) is 4.27. The van der Waals surface area contributed by atoms with E-state index in [4.69, 9.17) is 4.74 Å². The van der Waals surface area contributed by atoms with Crippen LogP contribution in [0.15, 0.2) is 0 Å². The fourth-order valence-electron chi connectivity index (χ4n) is 2.77. The summed E-state index contributed by atoms with van der Waals surface area (Å²) in [5.41, 5.74) is -0.566. The third kappa shape index (κ3) is 4.57. The first-order chi connectivity index (χ1) is 9.20. The predicted octanol–water partition coefficient (Wildman–Crippen LogP) is 3.34. The Balaban J connectivity index is 2.49. The maximum atomic E-state index is 12.6. The van der Waals surface area contributed by atoms with Crippen molar-refractivity contribution in [3.63, 3.8) is 0 Å². The van der Waals surface area contributed by atoms with Crippen LogP contribution in [-0.4, -0.2) is 30.7 Å². The van der Waals surface area contributed by atoms with Crippen molar-refractivity contribution >= 4 is 5.78 Å². The van der Waals surface area contributed by atoms with Crippen LogP contribution in [0.5, 0.6) is 0 Å². The highest BCUT2D eigenvalue weighted by Gasteiger charge is 2.47. The molecule has 0 amide bonds. The van der Waals surface area contributed by atoms with Crippen LogP contribution in [0.25, 0.3) is 0 Å². The molecule has 1 aliphatic heterocycles. The van der Waals surface area contributed by atoms with E-state index >= 15 is 0 Å². The zero-order valence-electron chi connectivity index (χ0n) is 12.6. The van der Waals surface area contributed by atoms with Gasteiger partial charge in [-0.05, 0) is 12.8 Å². The van der Waals surface area contributed by atoms with E-state index in [1.807, 2.05) is 0 Å². The van der Waals surface area contributed by atoms with Crippen molar-refractivity contribution in [2.75, 3.05) is 19.8 Å². The zero-order chi connectivity index (χ0) is 14.1. The first-order valence-electron chi connectivity index (χ1n) is 7.93. The minimum Gasteiger partial charge on any atom is -0.395 e. The number of aliphatic hydroxyl groups is 1. The Morgan fingerprint density at radius 3 is 2.21 bits per heavy atom. The fourth-order valence-corrected chi connectivity index (χ4v) is 2.77. The van der Waals surface area contributed by atoms with Crippen LogP contribution in [0.2, 0.25) is 0 Å². The lowest BCUT2D eigenvalue weighted by Gasteiger charge is -2.40. The molecule has 0 aliphatic carbocycles. The second-order valence-electron chi connectivity index (χ2n) is 5.98. The van der Waals surface area contributed by atoms with Gasteiger partial charge in [-0.1, -0.05) is 52.4 Å². The number of hydrogen-bond donors (Lipinski definition) is 1. The van der Waals surface area contributed by atoms with Crippen molar-refractivity contribution in [2.45, 2.75) is 65.2 Å². The summed E-state index contributed by atoms with van der Waals surface area (Å²) < 4.78 is 5.17. The summed E-state index contributed by atoms with van der Waals surface area (Å²) in [5, 5.41) is 9.49. The number of aliphatic hydroxyl groups excluding tert-OH is 1. The van der Waals surface area contributed by atoms with E-state index in [0.29, 0.717) is 13.2 Å². The van der Waals surface area contributed by atoms with Crippen LogP contribution >= 0.6 is 0 Å². The van der Waals surface area contributed by atoms with Crippen LogP contribution in [0.1, 0.15) is 65.2 Å². The van der Waals surface area contributed by atoms with E-state index in [9.17, 15) is 9.90 Å². The molecular weight excluding hydrogens is 240 g/mol. The Kier molecular flexibility index (Phi) is 7.62. The maximum absolute atomic E-state index is 12.6. The zero-order valence-corrected chi connectivity index (χ0v) is 12.6. The molecule has 0 spiro atoms.